The molecule has 0 radical (unpaired) electrons. The van der Waals surface area contributed by atoms with Crippen LogP contribution in [0.25, 0.3) is 0 Å². The summed E-state index contributed by atoms with van der Waals surface area (Å²) in [6.45, 7) is 4.03. The number of carbonyl (C=O) groups is 3. The Bertz CT molecular complexity index is 896. The zero-order valence-corrected chi connectivity index (χ0v) is 17.5. The van der Waals surface area contributed by atoms with Crippen LogP contribution < -0.4 is 9.47 Å². The van der Waals surface area contributed by atoms with E-state index in [4.69, 9.17) is 29.3 Å². The highest BCUT2D eigenvalue weighted by atomic mass is 16.5. The molecule has 0 saturated carbocycles. The van der Waals surface area contributed by atoms with Crippen molar-refractivity contribution in [1.29, 1.82) is 0 Å². The highest BCUT2D eigenvalue weighted by molar-refractivity contribution is 6.27. The van der Waals surface area contributed by atoms with Crippen molar-refractivity contribution in [3.8, 4) is 11.5 Å². The maximum Gasteiger partial charge on any atom is 0.414 e. The second kappa shape index (κ2) is 11.6. The first-order valence-corrected chi connectivity index (χ1v) is 9.59. The minimum atomic E-state index is -1.82. The molecule has 1 saturated heterocycles. The van der Waals surface area contributed by atoms with Crippen molar-refractivity contribution in [3.63, 3.8) is 0 Å². The first-order chi connectivity index (χ1) is 14.8. The Morgan fingerprint density at radius 3 is 2.10 bits per heavy atom. The van der Waals surface area contributed by atoms with E-state index in [1.54, 1.807) is 14.2 Å². The van der Waals surface area contributed by atoms with Gasteiger partial charge >= 0.3 is 11.9 Å². The van der Waals surface area contributed by atoms with Crippen LogP contribution in [0.1, 0.15) is 15.9 Å². The van der Waals surface area contributed by atoms with Crippen LogP contribution >= 0.6 is 0 Å². The third-order valence-electron chi connectivity index (χ3n) is 4.72. The van der Waals surface area contributed by atoms with Crippen molar-refractivity contribution in [2.45, 2.75) is 6.54 Å². The van der Waals surface area contributed by atoms with Gasteiger partial charge in [-0.1, -0.05) is 24.3 Å². The van der Waals surface area contributed by atoms with E-state index in [1.807, 2.05) is 41.3 Å². The molecular weight excluding hydrogens is 404 g/mol. The molecule has 2 aromatic carbocycles. The number of methoxy groups -OCH3 is 2. The van der Waals surface area contributed by atoms with Gasteiger partial charge in [0.15, 0.2) is 0 Å². The van der Waals surface area contributed by atoms with Crippen molar-refractivity contribution in [2.24, 2.45) is 0 Å². The van der Waals surface area contributed by atoms with E-state index in [-0.39, 0.29) is 5.91 Å². The number of ether oxygens (including phenoxy) is 2. The third kappa shape index (κ3) is 7.00. The van der Waals surface area contributed by atoms with E-state index < -0.39 is 11.9 Å². The minimum Gasteiger partial charge on any atom is -0.497 e. The molecule has 0 aromatic heterocycles. The molecule has 166 valence electrons. The van der Waals surface area contributed by atoms with E-state index in [1.165, 1.54) is 5.56 Å². The predicted molar refractivity (Wildman–Crippen MR) is 112 cm³/mol. The molecule has 9 nitrogen and oxygen atoms in total. The van der Waals surface area contributed by atoms with Crippen molar-refractivity contribution in [2.75, 3.05) is 40.4 Å². The Kier molecular flexibility index (Phi) is 8.83. The van der Waals surface area contributed by atoms with Gasteiger partial charge in [-0.15, -0.1) is 0 Å². The van der Waals surface area contributed by atoms with Crippen molar-refractivity contribution < 1.29 is 34.1 Å². The average molecular weight is 430 g/mol. The maximum absolute atomic E-state index is 12.7. The molecule has 0 bridgehead atoms. The first kappa shape index (κ1) is 23.7. The Balaban J connectivity index is 0.000000501. The van der Waals surface area contributed by atoms with Gasteiger partial charge in [0, 0.05) is 32.7 Å². The van der Waals surface area contributed by atoms with Crippen LogP contribution in [0.3, 0.4) is 0 Å². The SMILES string of the molecule is COc1cccc(CN2CCN(C(=O)c3ccccc3OC)CC2)c1.O=C(O)C(=O)O. The van der Waals surface area contributed by atoms with Gasteiger partial charge in [0.25, 0.3) is 5.91 Å². The summed E-state index contributed by atoms with van der Waals surface area (Å²) in [4.78, 5) is 35.2. The number of amides is 1. The van der Waals surface area contributed by atoms with Gasteiger partial charge < -0.3 is 24.6 Å². The second-order valence-electron chi connectivity index (χ2n) is 6.73. The van der Waals surface area contributed by atoms with Gasteiger partial charge in [0.05, 0.1) is 19.8 Å². The van der Waals surface area contributed by atoms with E-state index in [0.717, 1.165) is 38.5 Å². The summed E-state index contributed by atoms with van der Waals surface area (Å²) in [6.07, 6.45) is 0. The summed E-state index contributed by atoms with van der Waals surface area (Å²) < 4.78 is 10.6. The fourth-order valence-corrected chi connectivity index (χ4v) is 3.13. The average Bonchev–Trinajstić information content (AvgIpc) is 2.79. The summed E-state index contributed by atoms with van der Waals surface area (Å²) in [7, 11) is 3.28. The number of piperazine rings is 1. The largest absolute Gasteiger partial charge is 0.497 e. The van der Waals surface area contributed by atoms with Crippen LogP contribution in [0.2, 0.25) is 0 Å². The number of rotatable bonds is 5. The fourth-order valence-electron chi connectivity index (χ4n) is 3.13. The lowest BCUT2D eigenvalue weighted by Gasteiger charge is -2.35. The van der Waals surface area contributed by atoms with E-state index in [9.17, 15) is 4.79 Å². The molecule has 0 aliphatic carbocycles. The smallest absolute Gasteiger partial charge is 0.414 e. The number of carbonyl (C=O) groups excluding carboxylic acids is 1. The normalized spacial score (nSPS) is 13.5. The van der Waals surface area contributed by atoms with Crippen LogP contribution in [0.15, 0.2) is 48.5 Å². The number of hydrogen-bond acceptors (Lipinski definition) is 6. The summed E-state index contributed by atoms with van der Waals surface area (Å²) in [5.74, 6) is -2.10. The number of hydrogen-bond donors (Lipinski definition) is 2. The Morgan fingerprint density at radius 1 is 0.871 bits per heavy atom. The number of carboxylic acids is 2. The molecule has 3 rings (SSSR count). The molecule has 1 heterocycles. The van der Waals surface area contributed by atoms with E-state index in [2.05, 4.69) is 17.0 Å². The molecule has 31 heavy (non-hydrogen) atoms. The van der Waals surface area contributed by atoms with Gasteiger partial charge in [-0.3, -0.25) is 9.69 Å². The summed E-state index contributed by atoms with van der Waals surface area (Å²) in [5.41, 5.74) is 1.86. The maximum atomic E-state index is 12.7. The van der Waals surface area contributed by atoms with Gasteiger partial charge in [-0.25, -0.2) is 9.59 Å². The molecule has 1 aliphatic rings. The number of carboxylic acid groups (broad SMARTS) is 2. The minimum absolute atomic E-state index is 0.0403. The summed E-state index contributed by atoms with van der Waals surface area (Å²) >= 11 is 0. The Hall–Kier alpha value is -3.59. The van der Waals surface area contributed by atoms with Crippen LogP contribution in [-0.2, 0) is 16.1 Å². The standard InChI is InChI=1S/C20H24N2O3.C2H2O4/c1-24-17-7-5-6-16(14-17)15-21-10-12-22(13-11-21)20(23)18-8-3-4-9-19(18)25-2;3-1(4)2(5)6/h3-9,14H,10-13,15H2,1-2H3;(H,3,4)(H,5,6). The molecule has 2 N–H and O–H groups in total. The van der Waals surface area contributed by atoms with Crippen LogP contribution in [0.4, 0.5) is 0 Å². The molecule has 2 aromatic rings. The third-order valence-corrected chi connectivity index (χ3v) is 4.72. The zero-order chi connectivity index (χ0) is 22.8. The lowest BCUT2D eigenvalue weighted by atomic mass is 10.1. The van der Waals surface area contributed by atoms with Gasteiger partial charge in [0.2, 0.25) is 0 Å². The van der Waals surface area contributed by atoms with Crippen molar-refractivity contribution in [1.82, 2.24) is 9.80 Å². The van der Waals surface area contributed by atoms with E-state index >= 15 is 0 Å². The molecule has 0 unspecified atom stereocenters. The van der Waals surface area contributed by atoms with Crippen LogP contribution in [-0.4, -0.2) is 78.3 Å². The fraction of sp³-hybridized carbons (Fsp3) is 0.318. The monoisotopic (exact) mass is 430 g/mol. The Morgan fingerprint density at radius 2 is 1.52 bits per heavy atom. The van der Waals surface area contributed by atoms with E-state index in [0.29, 0.717) is 11.3 Å². The molecular formula is C22H26N2O7. The number of benzene rings is 2. The highest BCUT2D eigenvalue weighted by Crippen LogP contribution is 2.21. The molecule has 0 spiro atoms. The van der Waals surface area contributed by atoms with Gasteiger partial charge in [-0.05, 0) is 29.8 Å². The van der Waals surface area contributed by atoms with Crippen LogP contribution in [0.5, 0.6) is 11.5 Å². The summed E-state index contributed by atoms with van der Waals surface area (Å²) in [5, 5.41) is 14.8. The predicted octanol–water partition coefficient (Wildman–Crippen LogP) is 1.82. The molecule has 9 heteroatoms. The Labute approximate surface area is 180 Å². The second-order valence-corrected chi connectivity index (χ2v) is 6.73. The van der Waals surface area contributed by atoms with Crippen molar-refractivity contribution >= 4 is 17.8 Å². The zero-order valence-electron chi connectivity index (χ0n) is 17.5. The van der Waals surface area contributed by atoms with Crippen molar-refractivity contribution in [3.05, 3.63) is 59.7 Å². The molecule has 1 amide bonds. The van der Waals surface area contributed by atoms with Gasteiger partial charge in [0.1, 0.15) is 11.5 Å². The first-order valence-electron chi connectivity index (χ1n) is 9.59. The quantitative estimate of drug-likeness (QED) is 0.690. The number of aliphatic carboxylic acids is 2. The molecule has 1 fully saturated rings. The van der Waals surface area contributed by atoms with Crippen LogP contribution in [0, 0.1) is 0 Å². The van der Waals surface area contributed by atoms with Gasteiger partial charge in [-0.2, -0.15) is 0 Å². The summed E-state index contributed by atoms with van der Waals surface area (Å²) in [6, 6.07) is 15.5. The molecule has 1 aliphatic heterocycles. The number of nitrogens with zero attached hydrogens (tertiary/aromatic N) is 2. The lowest BCUT2D eigenvalue weighted by Crippen LogP contribution is -2.48. The lowest BCUT2D eigenvalue weighted by molar-refractivity contribution is -0.159. The highest BCUT2D eigenvalue weighted by Gasteiger charge is 2.24. The molecule has 0 atom stereocenters. The topological polar surface area (TPSA) is 117 Å². The number of para-hydroxylation sites is 1.